The van der Waals surface area contributed by atoms with Gasteiger partial charge in [0.05, 0.1) is 22.8 Å². The molecule has 2 rings (SSSR count). The topological polar surface area (TPSA) is 43.8 Å². The molecule has 0 aliphatic rings. The molecule has 2 N–H and O–H groups in total. The minimum absolute atomic E-state index is 0.568. The minimum atomic E-state index is 0.568. The van der Waals surface area contributed by atoms with E-state index in [9.17, 15) is 0 Å². The average Bonchev–Trinajstić information content (AvgIpc) is 2.73. The summed E-state index contributed by atoms with van der Waals surface area (Å²) >= 11 is 12.1. The van der Waals surface area contributed by atoms with Crippen LogP contribution >= 0.6 is 23.2 Å². The molecule has 17 heavy (non-hydrogen) atoms. The van der Waals surface area contributed by atoms with Crippen LogP contribution in [0, 0.1) is 0 Å². The summed E-state index contributed by atoms with van der Waals surface area (Å²) in [5.74, 6) is 0. The van der Waals surface area contributed by atoms with Crippen molar-refractivity contribution >= 4 is 23.2 Å². The van der Waals surface area contributed by atoms with E-state index in [0.717, 1.165) is 17.5 Å². The van der Waals surface area contributed by atoms with Crippen molar-refractivity contribution in [2.75, 3.05) is 6.54 Å². The third kappa shape index (κ3) is 3.00. The van der Waals surface area contributed by atoms with Crippen LogP contribution in [0.5, 0.6) is 0 Å². The summed E-state index contributed by atoms with van der Waals surface area (Å²) in [4.78, 5) is 0. The van der Waals surface area contributed by atoms with E-state index in [0.29, 0.717) is 23.1 Å². The van der Waals surface area contributed by atoms with E-state index in [2.05, 4.69) is 5.10 Å². The molecule has 0 spiro atoms. The maximum absolute atomic E-state index is 6.12. The van der Waals surface area contributed by atoms with Crippen LogP contribution in [0.2, 0.25) is 10.0 Å². The number of hydrogen-bond donors (Lipinski definition) is 1. The normalized spacial score (nSPS) is 10.8. The number of hydrogen-bond acceptors (Lipinski definition) is 2. The first-order valence-electron chi connectivity index (χ1n) is 5.35. The molecule has 0 fully saturated rings. The second kappa shape index (κ2) is 5.54. The van der Waals surface area contributed by atoms with Crippen LogP contribution in [-0.2, 0) is 13.0 Å². The first-order chi connectivity index (χ1) is 8.20. The molecule has 0 amide bonds. The van der Waals surface area contributed by atoms with E-state index in [-0.39, 0.29) is 0 Å². The summed E-state index contributed by atoms with van der Waals surface area (Å²) in [7, 11) is 0. The van der Waals surface area contributed by atoms with Gasteiger partial charge in [-0.05, 0) is 30.2 Å². The van der Waals surface area contributed by atoms with Gasteiger partial charge in [-0.15, -0.1) is 0 Å². The first kappa shape index (κ1) is 12.4. The van der Waals surface area contributed by atoms with Gasteiger partial charge in [-0.2, -0.15) is 5.10 Å². The Morgan fingerprint density at radius 2 is 2.12 bits per heavy atom. The lowest BCUT2D eigenvalue weighted by Crippen LogP contribution is -2.02. The Balaban J connectivity index is 2.16. The second-order valence-electron chi connectivity index (χ2n) is 3.80. The monoisotopic (exact) mass is 269 g/mol. The fraction of sp³-hybridized carbons (Fsp3) is 0.250. The van der Waals surface area contributed by atoms with Gasteiger partial charge in [0.25, 0.3) is 0 Å². The van der Waals surface area contributed by atoms with Crippen LogP contribution in [0.25, 0.3) is 0 Å². The zero-order chi connectivity index (χ0) is 12.3. The molecule has 0 aliphatic carbocycles. The van der Waals surface area contributed by atoms with Gasteiger partial charge in [0.2, 0.25) is 0 Å². The predicted molar refractivity (Wildman–Crippen MR) is 70.5 cm³/mol. The van der Waals surface area contributed by atoms with Crippen LogP contribution in [-0.4, -0.2) is 16.3 Å². The highest BCUT2D eigenvalue weighted by Gasteiger charge is 2.05. The van der Waals surface area contributed by atoms with Crippen molar-refractivity contribution in [3.8, 4) is 0 Å². The minimum Gasteiger partial charge on any atom is -0.330 e. The van der Waals surface area contributed by atoms with Crippen molar-refractivity contribution in [3.05, 3.63) is 51.8 Å². The Morgan fingerprint density at radius 1 is 1.29 bits per heavy atom. The molecule has 90 valence electrons. The lowest BCUT2D eigenvalue weighted by atomic mass is 10.2. The molecule has 0 bridgehead atoms. The van der Waals surface area contributed by atoms with Gasteiger partial charge in [0.15, 0.2) is 0 Å². The van der Waals surface area contributed by atoms with Crippen LogP contribution in [0.4, 0.5) is 0 Å². The molecule has 0 radical (unpaired) electrons. The summed E-state index contributed by atoms with van der Waals surface area (Å²) in [6, 6.07) is 5.60. The third-order valence-electron chi connectivity index (χ3n) is 2.48. The molecule has 1 aromatic carbocycles. The highest BCUT2D eigenvalue weighted by atomic mass is 35.5. The summed E-state index contributed by atoms with van der Waals surface area (Å²) in [6.45, 7) is 1.24. The SMILES string of the molecule is NCCc1cnn(Cc2cccc(Cl)c2Cl)c1. The van der Waals surface area contributed by atoms with Crippen LogP contribution in [0.1, 0.15) is 11.1 Å². The first-order valence-corrected chi connectivity index (χ1v) is 6.10. The Bertz CT molecular complexity index is 508. The van der Waals surface area contributed by atoms with Crippen molar-refractivity contribution in [2.24, 2.45) is 5.73 Å². The Hall–Kier alpha value is -1.03. The highest BCUT2D eigenvalue weighted by Crippen LogP contribution is 2.25. The molecule has 0 saturated heterocycles. The molecule has 0 unspecified atom stereocenters. The van der Waals surface area contributed by atoms with Gasteiger partial charge in [-0.25, -0.2) is 0 Å². The van der Waals surface area contributed by atoms with E-state index >= 15 is 0 Å². The number of nitrogens with zero attached hydrogens (tertiary/aromatic N) is 2. The number of halogens is 2. The molecule has 5 heteroatoms. The van der Waals surface area contributed by atoms with Crippen molar-refractivity contribution in [1.29, 1.82) is 0 Å². The zero-order valence-corrected chi connectivity index (χ0v) is 10.7. The molecule has 0 saturated carbocycles. The number of benzene rings is 1. The average molecular weight is 270 g/mol. The molecule has 1 heterocycles. The van der Waals surface area contributed by atoms with Crippen LogP contribution in [0.15, 0.2) is 30.6 Å². The summed E-state index contributed by atoms with van der Waals surface area (Å²) in [5, 5.41) is 5.42. The van der Waals surface area contributed by atoms with Gasteiger partial charge in [0.1, 0.15) is 0 Å². The molecule has 1 aromatic heterocycles. The Morgan fingerprint density at radius 3 is 2.88 bits per heavy atom. The van der Waals surface area contributed by atoms with E-state index in [1.54, 1.807) is 6.07 Å². The fourth-order valence-corrected chi connectivity index (χ4v) is 2.01. The third-order valence-corrected chi connectivity index (χ3v) is 3.34. The van der Waals surface area contributed by atoms with E-state index in [1.807, 2.05) is 29.2 Å². The smallest absolute Gasteiger partial charge is 0.0674 e. The largest absolute Gasteiger partial charge is 0.330 e. The van der Waals surface area contributed by atoms with Crippen LogP contribution < -0.4 is 5.73 Å². The van der Waals surface area contributed by atoms with E-state index < -0.39 is 0 Å². The summed E-state index contributed by atoms with van der Waals surface area (Å²) in [5.41, 5.74) is 7.58. The Labute approximate surface area is 110 Å². The molecule has 0 aliphatic heterocycles. The van der Waals surface area contributed by atoms with Gasteiger partial charge in [0, 0.05) is 6.20 Å². The van der Waals surface area contributed by atoms with Gasteiger partial charge in [-0.3, -0.25) is 4.68 Å². The van der Waals surface area contributed by atoms with Crippen molar-refractivity contribution in [3.63, 3.8) is 0 Å². The van der Waals surface area contributed by atoms with Gasteiger partial charge < -0.3 is 5.73 Å². The van der Waals surface area contributed by atoms with Crippen molar-refractivity contribution in [1.82, 2.24) is 9.78 Å². The standard InChI is InChI=1S/C12H13Cl2N3/c13-11-3-1-2-10(12(11)14)8-17-7-9(4-5-15)6-16-17/h1-3,6-7H,4-5,8,15H2. The molecule has 2 aromatic rings. The van der Waals surface area contributed by atoms with Crippen molar-refractivity contribution < 1.29 is 0 Å². The zero-order valence-electron chi connectivity index (χ0n) is 9.24. The van der Waals surface area contributed by atoms with Crippen LogP contribution in [0.3, 0.4) is 0 Å². The Kier molecular flexibility index (Phi) is 4.05. The maximum atomic E-state index is 6.12. The molecule has 0 atom stereocenters. The quantitative estimate of drug-likeness (QED) is 0.928. The second-order valence-corrected chi connectivity index (χ2v) is 4.58. The van der Waals surface area contributed by atoms with Gasteiger partial charge in [-0.1, -0.05) is 35.3 Å². The van der Waals surface area contributed by atoms with Crippen molar-refractivity contribution in [2.45, 2.75) is 13.0 Å². The lowest BCUT2D eigenvalue weighted by Gasteiger charge is -2.05. The van der Waals surface area contributed by atoms with E-state index in [4.69, 9.17) is 28.9 Å². The lowest BCUT2D eigenvalue weighted by molar-refractivity contribution is 0.686. The predicted octanol–water partition coefficient (Wildman–Crippen LogP) is 2.74. The number of aromatic nitrogens is 2. The van der Waals surface area contributed by atoms with E-state index in [1.165, 1.54) is 0 Å². The molecular formula is C12H13Cl2N3. The number of nitrogens with two attached hydrogens (primary N) is 1. The molecule has 3 nitrogen and oxygen atoms in total. The molecular weight excluding hydrogens is 257 g/mol. The maximum Gasteiger partial charge on any atom is 0.0674 e. The van der Waals surface area contributed by atoms with Gasteiger partial charge >= 0.3 is 0 Å². The highest BCUT2D eigenvalue weighted by molar-refractivity contribution is 6.42. The number of rotatable bonds is 4. The fourth-order valence-electron chi connectivity index (χ4n) is 1.63. The summed E-state index contributed by atoms with van der Waals surface area (Å²) < 4.78 is 1.84. The summed E-state index contributed by atoms with van der Waals surface area (Å²) in [6.07, 6.45) is 4.64.